The Hall–Kier alpha value is -0.170. The zero-order valence-electron chi connectivity index (χ0n) is 12.0. The molecular formula is C14H20BrFN2OS. The third-order valence-electron chi connectivity index (χ3n) is 3.52. The normalized spacial score (nSPS) is 21.1. The number of halogens is 2. The van der Waals surface area contributed by atoms with Gasteiger partial charge in [0.05, 0.1) is 5.69 Å². The predicted molar refractivity (Wildman–Crippen MR) is 83.4 cm³/mol. The van der Waals surface area contributed by atoms with E-state index in [-0.39, 0.29) is 0 Å². The molecule has 1 N–H and O–H groups in total. The van der Waals surface area contributed by atoms with Crippen molar-refractivity contribution in [2.45, 2.75) is 56.5 Å². The van der Waals surface area contributed by atoms with E-state index >= 15 is 0 Å². The third kappa shape index (κ3) is 3.53. The monoisotopic (exact) mass is 362 g/mol. The van der Waals surface area contributed by atoms with E-state index in [4.69, 9.17) is 0 Å². The molecule has 1 aromatic rings. The molecule has 1 heterocycles. The second-order valence-electron chi connectivity index (χ2n) is 6.21. The van der Waals surface area contributed by atoms with Crippen molar-refractivity contribution in [3.63, 3.8) is 0 Å². The Morgan fingerprint density at radius 1 is 1.45 bits per heavy atom. The van der Waals surface area contributed by atoms with E-state index in [0.717, 1.165) is 6.42 Å². The van der Waals surface area contributed by atoms with E-state index in [0.29, 0.717) is 23.1 Å². The highest BCUT2D eigenvalue weighted by atomic mass is 79.9. The second kappa shape index (κ2) is 5.91. The summed E-state index contributed by atoms with van der Waals surface area (Å²) in [6, 6.07) is 4.77. The van der Waals surface area contributed by atoms with Crippen LogP contribution in [0, 0.1) is 0 Å². The summed E-state index contributed by atoms with van der Waals surface area (Å²) in [5.74, 6) is 0. The average molecular weight is 363 g/mol. The van der Waals surface area contributed by atoms with Gasteiger partial charge in [-0.15, -0.1) is 4.72 Å². The van der Waals surface area contributed by atoms with Gasteiger partial charge in [0.25, 0.3) is 0 Å². The van der Waals surface area contributed by atoms with Crippen LogP contribution in [0.25, 0.3) is 0 Å². The van der Waals surface area contributed by atoms with Crippen molar-refractivity contribution in [2.24, 2.45) is 0 Å². The first-order chi connectivity index (χ1) is 9.22. The predicted octanol–water partition coefficient (Wildman–Crippen LogP) is 3.83. The lowest BCUT2D eigenvalue weighted by atomic mass is 9.75. The number of alkyl halides is 1. The molecule has 112 valence electrons. The molecule has 0 aromatic carbocycles. The topological polar surface area (TPSA) is 48.0 Å². The fourth-order valence-electron chi connectivity index (χ4n) is 2.10. The SMILES string of the molecule is CC(C)(C)[S@@+]([O-])N[C@H](c1cccc(Br)n1)C1(F)CCC1. The van der Waals surface area contributed by atoms with E-state index in [1.807, 2.05) is 26.8 Å². The van der Waals surface area contributed by atoms with Gasteiger partial charge in [-0.05, 0) is 68.1 Å². The molecule has 2 atom stereocenters. The van der Waals surface area contributed by atoms with E-state index in [1.54, 1.807) is 12.1 Å². The lowest BCUT2D eigenvalue weighted by Gasteiger charge is -2.41. The van der Waals surface area contributed by atoms with E-state index in [2.05, 4.69) is 25.6 Å². The van der Waals surface area contributed by atoms with Crippen LogP contribution in [0.1, 0.15) is 51.8 Å². The highest BCUT2D eigenvalue weighted by Gasteiger charge is 2.49. The zero-order chi connectivity index (χ0) is 15.0. The quantitative estimate of drug-likeness (QED) is 0.653. The number of aromatic nitrogens is 1. The smallest absolute Gasteiger partial charge is 0.136 e. The summed E-state index contributed by atoms with van der Waals surface area (Å²) in [5, 5.41) is 0. The minimum absolute atomic E-state index is 0.440. The maximum absolute atomic E-state index is 14.9. The minimum atomic E-state index is -1.35. The van der Waals surface area contributed by atoms with Crippen LogP contribution in [-0.4, -0.2) is 20.0 Å². The molecule has 0 aliphatic heterocycles. The Labute approximate surface area is 131 Å². The van der Waals surface area contributed by atoms with Crippen LogP contribution in [0.15, 0.2) is 22.8 Å². The van der Waals surface area contributed by atoms with E-state index in [1.165, 1.54) is 0 Å². The van der Waals surface area contributed by atoms with Crippen LogP contribution in [-0.2, 0) is 11.4 Å². The molecule has 3 nitrogen and oxygen atoms in total. The molecule has 6 heteroatoms. The van der Waals surface area contributed by atoms with Crippen LogP contribution >= 0.6 is 15.9 Å². The molecule has 0 spiro atoms. The van der Waals surface area contributed by atoms with Crippen molar-refractivity contribution in [3.8, 4) is 0 Å². The van der Waals surface area contributed by atoms with Crippen LogP contribution in [0.3, 0.4) is 0 Å². The van der Waals surface area contributed by atoms with E-state index in [9.17, 15) is 8.94 Å². The number of pyridine rings is 1. The lowest BCUT2D eigenvalue weighted by Crippen LogP contribution is -2.51. The van der Waals surface area contributed by atoms with Gasteiger partial charge >= 0.3 is 0 Å². The summed E-state index contributed by atoms with van der Waals surface area (Å²) >= 11 is 1.97. The molecule has 1 saturated carbocycles. The molecule has 1 aromatic heterocycles. The summed E-state index contributed by atoms with van der Waals surface area (Å²) in [7, 11) is 0. The first-order valence-electron chi connectivity index (χ1n) is 6.72. The average Bonchev–Trinajstić information content (AvgIpc) is 2.31. The number of nitrogens with zero attached hydrogens (tertiary/aromatic N) is 1. The minimum Gasteiger partial charge on any atom is -0.598 e. The molecule has 0 bridgehead atoms. The van der Waals surface area contributed by atoms with Gasteiger partial charge in [0.15, 0.2) is 0 Å². The van der Waals surface area contributed by atoms with Crippen LogP contribution in [0.4, 0.5) is 4.39 Å². The second-order valence-corrected chi connectivity index (χ2v) is 9.02. The largest absolute Gasteiger partial charge is 0.598 e. The lowest BCUT2D eigenvalue weighted by molar-refractivity contribution is 0.0261. The molecule has 1 fully saturated rings. The fourth-order valence-corrected chi connectivity index (χ4v) is 3.36. The van der Waals surface area contributed by atoms with Crippen LogP contribution in [0.5, 0.6) is 0 Å². The number of rotatable bonds is 4. The Bertz CT molecular complexity index is 476. The van der Waals surface area contributed by atoms with Crippen molar-refractivity contribution in [3.05, 3.63) is 28.5 Å². The Morgan fingerprint density at radius 2 is 2.10 bits per heavy atom. The number of nitrogens with one attached hydrogen (secondary N) is 1. The van der Waals surface area contributed by atoms with Gasteiger partial charge in [0.1, 0.15) is 21.1 Å². The summed E-state index contributed by atoms with van der Waals surface area (Å²) in [5.41, 5.74) is -0.756. The van der Waals surface area contributed by atoms with E-state index < -0.39 is 27.8 Å². The van der Waals surface area contributed by atoms with Gasteiger partial charge in [0.2, 0.25) is 0 Å². The van der Waals surface area contributed by atoms with Gasteiger partial charge in [-0.2, -0.15) is 0 Å². The standard InChI is InChI=1S/C14H20BrFN2OS/c1-13(2,3)20(19)18-12(14(16)8-5-9-14)10-6-4-7-11(15)17-10/h4,6-7,12,18H,5,8-9H2,1-3H3/t12-,20-/m1/s1. The van der Waals surface area contributed by atoms with Gasteiger partial charge in [-0.1, -0.05) is 6.07 Å². The maximum Gasteiger partial charge on any atom is 0.136 e. The van der Waals surface area contributed by atoms with Crippen LogP contribution in [0.2, 0.25) is 0 Å². The molecule has 0 unspecified atom stereocenters. The first-order valence-corrected chi connectivity index (χ1v) is 8.66. The Kier molecular flexibility index (Phi) is 4.79. The summed E-state index contributed by atoms with van der Waals surface area (Å²) in [6.07, 6.45) is 1.84. The molecule has 2 rings (SSSR count). The molecule has 20 heavy (non-hydrogen) atoms. The summed E-state index contributed by atoms with van der Waals surface area (Å²) in [6.45, 7) is 5.60. The van der Waals surface area contributed by atoms with Crippen LogP contribution < -0.4 is 4.72 Å². The third-order valence-corrected chi connectivity index (χ3v) is 5.52. The van der Waals surface area contributed by atoms with Crippen molar-refractivity contribution in [2.75, 3.05) is 0 Å². The summed E-state index contributed by atoms with van der Waals surface area (Å²) in [4.78, 5) is 4.34. The highest BCUT2D eigenvalue weighted by Crippen LogP contribution is 2.46. The van der Waals surface area contributed by atoms with Crippen molar-refractivity contribution in [1.29, 1.82) is 0 Å². The zero-order valence-corrected chi connectivity index (χ0v) is 14.4. The van der Waals surface area contributed by atoms with Gasteiger partial charge in [-0.3, -0.25) is 0 Å². The van der Waals surface area contributed by atoms with Gasteiger partial charge in [-0.25, -0.2) is 9.37 Å². The molecular weight excluding hydrogens is 343 g/mol. The molecule has 0 radical (unpaired) electrons. The first kappa shape index (κ1) is 16.2. The molecule has 1 aliphatic rings. The van der Waals surface area contributed by atoms with Gasteiger partial charge < -0.3 is 4.55 Å². The van der Waals surface area contributed by atoms with Gasteiger partial charge in [0, 0.05) is 11.4 Å². The Balaban J connectivity index is 2.26. The maximum atomic E-state index is 14.9. The molecule has 1 aliphatic carbocycles. The number of hydrogen-bond acceptors (Lipinski definition) is 3. The molecule has 0 saturated heterocycles. The van der Waals surface area contributed by atoms with Crippen molar-refractivity contribution < 1.29 is 8.94 Å². The van der Waals surface area contributed by atoms with Crippen molar-refractivity contribution in [1.82, 2.24) is 9.71 Å². The Morgan fingerprint density at radius 3 is 2.55 bits per heavy atom. The highest BCUT2D eigenvalue weighted by molar-refractivity contribution is 9.10. The fraction of sp³-hybridized carbons (Fsp3) is 0.643. The van der Waals surface area contributed by atoms with Crippen molar-refractivity contribution >= 4 is 27.3 Å². The summed E-state index contributed by atoms with van der Waals surface area (Å²) < 4.78 is 30.4. The molecule has 0 amide bonds. The number of hydrogen-bond donors (Lipinski definition) is 1.